The van der Waals surface area contributed by atoms with E-state index in [0.29, 0.717) is 22.5 Å². The van der Waals surface area contributed by atoms with Gasteiger partial charge in [0.15, 0.2) is 0 Å². The second kappa shape index (κ2) is 10.1. The molecular formula is C24H28ClN5O2. The van der Waals surface area contributed by atoms with Gasteiger partial charge in [-0.25, -0.2) is 0 Å². The highest BCUT2D eigenvalue weighted by atomic mass is 35.5. The topological polar surface area (TPSA) is 71.4 Å². The fraction of sp³-hybridized carbons (Fsp3) is 0.333. The van der Waals surface area contributed by atoms with Gasteiger partial charge in [0, 0.05) is 30.0 Å². The molecule has 32 heavy (non-hydrogen) atoms. The van der Waals surface area contributed by atoms with Crippen molar-refractivity contribution < 1.29 is 9.53 Å². The maximum Gasteiger partial charge on any atom is 0.243 e. The Bertz CT molecular complexity index is 1040. The maximum atomic E-state index is 13.1. The number of hydrogen-bond acceptors (Lipinski definition) is 5. The van der Waals surface area contributed by atoms with E-state index in [0.717, 1.165) is 42.9 Å². The minimum Gasteiger partial charge on any atom is -0.496 e. The summed E-state index contributed by atoms with van der Waals surface area (Å²) in [4.78, 5) is 15.3. The van der Waals surface area contributed by atoms with Crippen molar-refractivity contribution in [2.45, 2.75) is 18.9 Å². The lowest BCUT2D eigenvalue weighted by Crippen LogP contribution is -2.46. The van der Waals surface area contributed by atoms with Crippen LogP contribution in [-0.4, -0.2) is 48.5 Å². The molecule has 1 aliphatic heterocycles. The molecule has 0 atom stereocenters. The van der Waals surface area contributed by atoms with Gasteiger partial charge in [-0.3, -0.25) is 9.48 Å². The zero-order valence-corrected chi connectivity index (χ0v) is 19.1. The molecule has 0 unspecified atom stereocenters. The van der Waals surface area contributed by atoms with Crippen molar-refractivity contribution in [3.05, 3.63) is 59.8 Å². The highest BCUT2D eigenvalue weighted by Gasteiger charge is 2.24. The van der Waals surface area contributed by atoms with Crippen molar-refractivity contribution in [3.8, 4) is 17.0 Å². The lowest BCUT2D eigenvalue weighted by Gasteiger charge is -2.36. The SMILES string of the molecule is COc1ccc(NC(=O)CN(c2ccccc2)C2CCNCC2)cc1-c1c(Cl)cnn1C. The van der Waals surface area contributed by atoms with Gasteiger partial charge >= 0.3 is 0 Å². The van der Waals surface area contributed by atoms with Crippen molar-refractivity contribution in [3.63, 3.8) is 0 Å². The van der Waals surface area contributed by atoms with Crippen LogP contribution in [0.3, 0.4) is 0 Å². The number of benzene rings is 2. The van der Waals surface area contributed by atoms with E-state index >= 15 is 0 Å². The zero-order valence-electron chi connectivity index (χ0n) is 18.3. The van der Waals surface area contributed by atoms with Crippen molar-refractivity contribution in [2.24, 2.45) is 7.05 Å². The Morgan fingerprint density at radius 1 is 1.25 bits per heavy atom. The fourth-order valence-electron chi connectivity index (χ4n) is 4.21. The number of methoxy groups -OCH3 is 1. The number of hydrogen-bond donors (Lipinski definition) is 2. The maximum absolute atomic E-state index is 13.1. The van der Waals surface area contributed by atoms with Gasteiger partial charge in [-0.2, -0.15) is 5.10 Å². The number of piperidine rings is 1. The first-order chi connectivity index (χ1) is 15.6. The molecule has 7 nitrogen and oxygen atoms in total. The highest BCUT2D eigenvalue weighted by molar-refractivity contribution is 6.33. The van der Waals surface area contributed by atoms with Crippen LogP contribution >= 0.6 is 11.6 Å². The number of anilines is 2. The van der Waals surface area contributed by atoms with Gasteiger partial charge < -0.3 is 20.3 Å². The Hall–Kier alpha value is -3.03. The van der Waals surface area contributed by atoms with Crippen LogP contribution in [0.15, 0.2) is 54.7 Å². The van der Waals surface area contributed by atoms with E-state index in [4.69, 9.17) is 16.3 Å². The standard InChI is InChI=1S/C24H28ClN5O2/c1-29-24(21(25)15-27-29)20-14-17(8-9-22(20)32-2)28-23(31)16-30(18-6-4-3-5-7-18)19-10-12-26-13-11-19/h3-9,14-15,19,26H,10-13,16H2,1-2H3,(H,28,31). The minimum absolute atomic E-state index is 0.0698. The van der Waals surface area contributed by atoms with Gasteiger partial charge in [0.2, 0.25) is 5.91 Å². The van der Waals surface area contributed by atoms with Gasteiger partial charge in [0.05, 0.1) is 30.6 Å². The van der Waals surface area contributed by atoms with Crippen LogP contribution in [0.5, 0.6) is 5.75 Å². The third kappa shape index (κ3) is 4.89. The van der Waals surface area contributed by atoms with Gasteiger partial charge in [-0.05, 0) is 56.3 Å². The summed E-state index contributed by atoms with van der Waals surface area (Å²) >= 11 is 6.35. The second-order valence-electron chi connectivity index (χ2n) is 7.87. The molecule has 0 spiro atoms. The normalized spacial score (nSPS) is 14.2. The third-order valence-electron chi connectivity index (χ3n) is 5.78. The summed E-state index contributed by atoms with van der Waals surface area (Å²) in [5.74, 6) is 0.591. The average molecular weight is 454 g/mol. The van der Waals surface area contributed by atoms with Crippen LogP contribution in [0.2, 0.25) is 5.02 Å². The molecule has 8 heteroatoms. The molecular weight excluding hydrogens is 426 g/mol. The van der Waals surface area contributed by atoms with Crippen molar-refractivity contribution >= 4 is 28.9 Å². The number of aryl methyl sites for hydroxylation is 1. The van der Waals surface area contributed by atoms with E-state index < -0.39 is 0 Å². The number of amides is 1. The summed E-state index contributed by atoms with van der Waals surface area (Å²) < 4.78 is 7.21. The largest absolute Gasteiger partial charge is 0.496 e. The number of halogens is 1. The van der Waals surface area contributed by atoms with Crippen LogP contribution in [0, 0.1) is 0 Å². The molecule has 1 aromatic heterocycles. The first-order valence-electron chi connectivity index (χ1n) is 10.7. The highest BCUT2D eigenvalue weighted by Crippen LogP contribution is 2.36. The predicted octanol–water partition coefficient (Wildman–Crippen LogP) is 3.95. The molecule has 1 fully saturated rings. The summed E-state index contributed by atoms with van der Waals surface area (Å²) in [6.45, 7) is 2.20. The molecule has 168 valence electrons. The predicted molar refractivity (Wildman–Crippen MR) is 129 cm³/mol. The van der Waals surface area contributed by atoms with E-state index in [1.807, 2.05) is 43.4 Å². The van der Waals surface area contributed by atoms with E-state index in [1.165, 1.54) is 0 Å². The quantitative estimate of drug-likeness (QED) is 0.567. The van der Waals surface area contributed by atoms with Gasteiger partial charge in [-0.1, -0.05) is 29.8 Å². The van der Waals surface area contributed by atoms with Crippen molar-refractivity contribution in [1.29, 1.82) is 0 Å². The van der Waals surface area contributed by atoms with E-state index in [9.17, 15) is 4.79 Å². The van der Waals surface area contributed by atoms with Crippen LogP contribution in [-0.2, 0) is 11.8 Å². The summed E-state index contributed by atoms with van der Waals surface area (Å²) in [6, 6.07) is 16.0. The van der Waals surface area contributed by atoms with Gasteiger partial charge in [0.25, 0.3) is 0 Å². The number of aromatic nitrogens is 2. The van der Waals surface area contributed by atoms with Crippen molar-refractivity contribution in [1.82, 2.24) is 15.1 Å². The molecule has 0 saturated carbocycles. The number of carbonyl (C=O) groups excluding carboxylic acids is 1. The Morgan fingerprint density at radius 3 is 2.66 bits per heavy atom. The van der Waals surface area contributed by atoms with Gasteiger partial charge in [-0.15, -0.1) is 0 Å². The first kappa shape index (κ1) is 22.2. The molecule has 2 heterocycles. The van der Waals surface area contributed by atoms with E-state index in [-0.39, 0.29) is 12.5 Å². The monoisotopic (exact) mass is 453 g/mol. The summed E-state index contributed by atoms with van der Waals surface area (Å²) in [5.41, 5.74) is 3.25. The second-order valence-corrected chi connectivity index (χ2v) is 8.28. The summed E-state index contributed by atoms with van der Waals surface area (Å²) in [5, 5.41) is 11.2. The Morgan fingerprint density at radius 2 is 2.00 bits per heavy atom. The van der Waals surface area contributed by atoms with Crippen LogP contribution < -0.4 is 20.3 Å². The molecule has 1 saturated heterocycles. The molecule has 2 aromatic carbocycles. The van der Waals surface area contributed by atoms with Gasteiger partial charge in [0.1, 0.15) is 5.75 Å². The first-order valence-corrected chi connectivity index (χ1v) is 11.1. The smallest absolute Gasteiger partial charge is 0.243 e. The molecule has 0 radical (unpaired) electrons. The number of carbonyl (C=O) groups is 1. The number of nitrogens with zero attached hydrogens (tertiary/aromatic N) is 3. The molecule has 3 aromatic rings. The van der Waals surface area contributed by atoms with E-state index in [2.05, 4.69) is 32.8 Å². The summed E-state index contributed by atoms with van der Waals surface area (Å²) in [7, 11) is 3.43. The average Bonchev–Trinajstić information content (AvgIpc) is 3.16. The lowest BCUT2D eigenvalue weighted by atomic mass is 10.0. The van der Waals surface area contributed by atoms with E-state index in [1.54, 1.807) is 18.0 Å². The minimum atomic E-state index is -0.0698. The molecule has 0 aliphatic carbocycles. The number of nitrogens with one attached hydrogen (secondary N) is 2. The Balaban J connectivity index is 1.55. The van der Waals surface area contributed by atoms with Crippen LogP contribution in [0.4, 0.5) is 11.4 Å². The van der Waals surface area contributed by atoms with Crippen LogP contribution in [0.1, 0.15) is 12.8 Å². The fourth-order valence-corrected chi connectivity index (χ4v) is 4.48. The lowest BCUT2D eigenvalue weighted by molar-refractivity contribution is -0.115. The Labute approximate surface area is 193 Å². The molecule has 2 N–H and O–H groups in total. The number of para-hydroxylation sites is 1. The molecule has 1 aliphatic rings. The summed E-state index contributed by atoms with van der Waals surface area (Å²) in [6.07, 6.45) is 3.61. The molecule has 1 amide bonds. The Kier molecular flexibility index (Phi) is 6.97. The third-order valence-corrected chi connectivity index (χ3v) is 6.06. The molecule has 4 rings (SSSR count). The molecule has 0 bridgehead atoms. The van der Waals surface area contributed by atoms with Crippen LogP contribution in [0.25, 0.3) is 11.3 Å². The zero-order chi connectivity index (χ0) is 22.5. The number of ether oxygens (including phenoxy) is 1. The number of rotatable bonds is 7. The van der Waals surface area contributed by atoms with Crippen molar-refractivity contribution in [2.75, 3.05) is 37.0 Å².